The normalized spacial score (nSPS) is 10.9. The highest BCUT2D eigenvalue weighted by Crippen LogP contribution is 2.25. The van der Waals surface area contributed by atoms with Crippen molar-refractivity contribution in [2.45, 2.75) is 20.4 Å². The molecule has 0 radical (unpaired) electrons. The van der Waals surface area contributed by atoms with E-state index in [1.54, 1.807) is 53.4 Å². The second-order valence-electron chi connectivity index (χ2n) is 6.91. The minimum Gasteiger partial charge on any atom is -0.463 e. The minimum atomic E-state index is -0.394. The SMILES string of the molecule is Cc1cc(C)c(CNC(=O)c2cc(-c3ccco3)n(-c3ccc(Cl)cc3)n2)c(=O)[nH]1. The predicted octanol–water partition coefficient (Wildman–Crippen LogP) is 4.02. The molecule has 0 fully saturated rings. The number of aromatic nitrogens is 3. The van der Waals surface area contributed by atoms with Gasteiger partial charge in [0.25, 0.3) is 11.5 Å². The van der Waals surface area contributed by atoms with Crippen molar-refractivity contribution in [1.82, 2.24) is 20.1 Å². The Balaban J connectivity index is 1.64. The second kappa shape index (κ2) is 8.04. The maximum Gasteiger partial charge on any atom is 0.272 e. The van der Waals surface area contributed by atoms with Gasteiger partial charge in [-0.15, -0.1) is 0 Å². The molecule has 4 aromatic rings. The molecule has 7 nitrogen and oxygen atoms in total. The summed E-state index contributed by atoms with van der Waals surface area (Å²) in [5.41, 5.74) is 3.45. The molecule has 2 N–H and O–H groups in total. The van der Waals surface area contributed by atoms with Crippen LogP contribution in [0.5, 0.6) is 0 Å². The van der Waals surface area contributed by atoms with Crippen molar-refractivity contribution in [3.05, 3.63) is 92.7 Å². The average Bonchev–Trinajstić information content (AvgIpc) is 3.37. The molecule has 1 aromatic carbocycles. The van der Waals surface area contributed by atoms with Crippen LogP contribution in [-0.4, -0.2) is 20.7 Å². The Morgan fingerprint density at radius 1 is 1.20 bits per heavy atom. The maximum absolute atomic E-state index is 12.8. The van der Waals surface area contributed by atoms with Crippen LogP contribution in [0.3, 0.4) is 0 Å². The van der Waals surface area contributed by atoms with Gasteiger partial charge >= 0.3 is 0 Å². The Morgan fingerprint density at radius 2 is 1.97 bits per heavy atom. The van der Waals surface area contributed by atoms with E-state index in [2.05, 4.69) is 15.4 Å². The van der Waals surface area contributed by atoms with Gasteiger partial charge in [-0.25, -0.2) is 4.68 Å². The monoisotopic (exact) mass is 422 g/mol. The summed E-state index contributed by atoms with van der Waals surface area (Å²) in [6.07, 6.45) is 1.56. The zero-order chi connectivity index (χ0) is 21.3. The van der Waals surface area contributed by atoms with E-state index in [4.69, 9.17) is 16.0 Å². The fourth-order valence-electron chi connectivity index (χ4n) is 3.23. The summed E-state index contributed by atoms with van der Waals surface area (Å²) in [7, 11) is 0. The fourth-order valence-corrected chi connectivity index (χ4v) is 3.36. The largest absolute Gasteiger partial charge is 0.463 e. The van der Waals surface area contributed by atoms with E-state index in [1.807, 2.05) is 19.9 Å². The molecule has 4 rings (SSSR count). The van der Waals surface area contributed by atoms with Crippen LogP contribution in [0.2, 0.25) is 5.02 Å². The first-order valence-electron chi connectivity index (χ1n) is 9.30. The summed E-state index contributed by atoms with van der Waals surface area (Å²) in [6.45, 7) is 3.76. The summed E-state index contributed by atoms with van der Waals surface area (Å²) in [5.74, 6) is 0.178. The third-order valence-corrected chi connectivity index (χ3v) is 4.96. The molecule has 0 unspecified atom stereocenters. The average molecular weight is 423 g/mol. The number of carbonyl (C=O) groups excluding carboxylic acids is 1. The zero-order valence-electron chi connectivity index (χ0n) is 16.4. The topological polar surface area (TPSA) is 92.9 Å². The third-order valence-electron chi connectivity index (χ3n) is 4.71. The number of carbonyl (C=O) groups is 1. The Hall–Kier alpha value is -3.58. The maximum atomic E-state index is 12.8. The molecule has 8 heteroatoms. The van der Waals surface area contributed by atoms with Gasteiger partial charge in [-0.3, -0.25) is 9.59 Å². The van der Waals surface area contributed by atoms with E-state index in [0.717, 1.165) is 16.9 Å². The first-order chi connectivity index (χ1) is 14.4. The highest BCUT2D eigenvalue weighted by molar-refractivity contribution is 6.30. The molecule has 0 spiro atoms. The van der Waals surface area contributed by atoms with Gasteiger partial charge in [0.2, 0.25) is 0 Å². The Labute approximate surface area is 177 Å². The Kier molecular flexibility index (Phi) is 5.29. The number of pyridine rings is 1. The smallest absolute Gasteiger partial charge is 0.272 e. The van der Waals surface area contributed by atoms with Crippen LogP contribution in [0.25, 0.3) is 17.1 Å². The van der Waals surface area contributed by atoms with E-state index in [0.29, 0.717) is 22.0 Å². The van der Waals surface area contributed by atoms with E-state index in [-0.39, 0.29) is 17.8 Å². The van der Waals surface area contributed by atoms with E-state index < -0.39 is 5.91 Å². The molecule has 1 amide bonds. The summed E-state index contributed by atoms with van der Waals surface area (Å²) in [5, 5.41) is 7.83. The number of furan rings is 1. The summed E-state index contributed by atoms with van der Waals surface area (Å²) in [4.78, 5) is 27.7. The molecular weight excluding hydrogens is 404 g/mol. The van der Waals surface area contributed by atoms with Gasteiger partial charge in [0.1, 0.15) is 5.69 Å². The number of amides is 1. The number of nitrogens with zero attached hydrogens (tertiary/aromatic N) is 2. The third kappa shape index (κ3) is 3.92. The van der Waals surface area contributed by atoms with Crippen molar-refractivity contribution in [2.75, 3.05) is 0 Å². The van der Waals surface area contributed by atoms with Crippen molar-refractivity contribution in [2.24, 2.45) is 0 Å². The quantitative estimate of drug-likeness (QED) is 0.508. The summed E-state index contributed by atoms with van der Waals surface area (Å²) >= 11 is 5.99. The number of halogens is 1. The molecule has 0 bridgehead atoms. The molecule has 0 aliphatic heterocycles. The lowest BCUT2D eigenvalue weighted by atomic mass is 10.1. The van der Waals surface area contributed by atoms with Crippen molar-refractivity contribution >= 4 is 17.5 Å². The van der Waals surface area contributed by atoms with Crippen molar-refractivity contribution < 1.29 is 9.21 Å². The number of benzene rings is 1. The van der Waals surface area contributed by atoms with Gasteiger partial charge in [0.15, 0.2) is 11.5 Å². The number of aromatic amines is 1. The van der Waals surface area contributed by atoms with Crippen molar-refractivity contribution in [1.29, 1.82) is 0 Å². The Bertz CT molecular complexity index is 1250. The van der Waals surface area contributed by atoms with Gasteiger partial charge in [-0.1, -0.05) is 11.6 Å². The number of nitrogens with one attached hydrogen (secondary N) is 2. The van der Waals surface area contributed by atoms with Gasteiger partial charge in [-0.05, 0) is 61.9 Å². The molecule has 3 heterocycles. The molecule has 0 atom stereocenters. The molecule has 0 aliphatic rings. The van der Waals surface area contributed by atoms with Crippen LogP contribution >= 0.6 is 11.6 Å². The summed E-state index contributed by atoms with van der Waals surface area (Å²) < 4.78 is 7.13. The number of rotatable bonds is 5. The van der Waals surface area contributed by atoms with Crippen LogP contribution in [-0.2, 0) is 6.54 Å². The molecule has 30 heavy (non-hydrogen) atoms. The Morgan fingerprint density at radius 3 is 2.63 bits per heavy atom. The van der Waals surface area contributed by atoms with E-state index in [1.165, 1.54) is 0 Å². The molecule has 3 aromatic heterocycles. The molecule has 0 saturated carbocycles. The standard InChI is InChI=1S/C22H19ClN4O3/c1-13-10-14(2)25-21(28)17(13)12-24-22(29)18-11-19(20-4-3-9-30-20)27(26-18)16-7-5-15(23)6-8-16/h3-11H,12H2,1-2H3,(H,24,29)(H,25,28). The van der Waals surface area contributed by atoms with Gasteiger partial charge < -0.3 is 14.7 Å². The first kappa shape index (κ1) is 19.7. The predicted molar refractivity (Wildman–Crippen MR) is 114 cm³/mol. The number of H-pyrrole nitrogens is 1. The zero-order valence-corrected chi connectivity index (χ0v) is 17.2. The molecule has 152 valence electrons. The van der Waals surface area contributed by atoms with Crippen molar-refractivity contribution in [3.63, 3.8) is 0 Å². The van der Waals surface area contributed by atoms with E-state index >= 15 is 0 Å². The van der Waals surface area contributed by atoms with Crippen LogP contribution in [0.15, 0.2) is 64.0 Å². The highest BCUT2D eigenvalue weighted by Gasteiger charge is 2.19. The van der Waals surface area contributed by atoms with E-state index in [9.17, 15) is 9.59 Å². The summed E-state index contributed by atoms with van der Waals surface area (Å²) in [6, 6.07) is 14.2. The van der Waals surface area contributed by atoms with Crippen LogP contribution in [0, 0.1) is 13.8 Å². The molecular formula is C22H19ClN4O3. The van der Waals surface area contributed by atoms with Crippen molar-refractivity contribution in [3.8, 4) is 17.1 Å². The lowest BCUT2D eigenvalue weighted by Gasteiger charge is -2.07. The van der Waals surface area contributed by atoms with Gasteiger partial charge in [0, 0.05) is 28.9 Å². The number of hydrogen-bond acceptors (Lipinski definition) is 4. The first-order valence-corrected chi connectivity index (χ1v) is 9.67. The molecule has 0 saturated heterocycles. The van der Waals surface area contributed by atoms with Gasteiger partial charge in [0.05, 0.1) is 12.0 Å². The van der Waals surface area contributed by atoms with Crippen LogP contribution < -0.4 is 10.9 Å². The minimum absolute atomic E-state index is 0.101. The lowest BCUT2D eigenvalue weighted by Crippen LogP contribution is -2.28. The van der Waals surface area contributed by atoms with Gasteiger partial charge in [-0.2, -0.15) is 5.10 Å². The molecule has 0 aliphatic carbocycles. The fraction of sp³-hybridized carbons (Fsp3) is 0.136. The second-order valence-corrected chi connectivity index (χ2v) is 7.34. The van der Waals surface area contributed by atoms with Crippen LogP contribution in [0.1, 0.15) is 27.3 Å². The highest BCUT2D eigenvalue weighted by atomic mass is 35.5. The number of hydrogen-bond donors (Lipinski definition) is 2. The lowest BCUT2D eigenvalue weighted by molar-refractivity contribution is 0.0945. The van der Waals surface area contributed by atoms with Crippen LogP contribution in [0.4, 0.5) is 0 Å². The number of aryl methyl sites for hydroxylation is 2.